The van der Waals surface area contributed by atoms with Gasteiger partial charge in [0.25, 0.3) is 5.89 Å². The molecule has 1 unspecified atom stereocenters. The Kier molecular flexibility index (Phi) is 6.44. The lowest BCUT2D eigenvalue weighted by atomic mass is 9.76. The summed E-state index contributed by atoms with van der Waals surface area (Å²) in [6, 6.07) is 19.6. The summed E-state index contributed by atoms with van der Waals surface area (Å²) in [5, 5.41) is 4.14. The third-order valence-corrected chi connectivity index (χ3v) is 6.19. The quantitative estimate of drug-likeness (QED) is 0.495. The van der Waals surface area contributed by atoms with Crippen LogP contribution in [-0.2, 0) is 0 Å². The van der Waals surface area contributed by atoms with Crippen LogP contribution < -0.4 is 0 Å². The Bertz CT molecular complexity index is 969. The molecule has 3 aromatic rings. The zero-order valence-electron chi connectivity index (χ0n) is 18.2. The van der Waals surface area contributed by atoms with Crippen molar-refractivity contribution in [3.63, 3.8) is 0 Å². The second-order valence-electron chi connectivity index (χ2n) is 8.68. The number of benzene rings is 2. The summed E-state index contributed by atoms with van der Waals surface area (Å²) in [6.07, 6.45) is 9.15. The molecule has 1 saturated carbocycles. The maximum absolute atomic E-state index is 5.44. The SMILES string of the molecule is Cc1cccc(-c2noc(C=CC3CCC(C(c4ccccc4)N(C)C)CC3)n2)c1. The number of aromatic nitrogens is 2. The highest BCUT2D eigenvalue weighted by Crippen LogP contribution is 2.39. The molecule has 0 aliphatic heterocycles. The van der Waals surface area contributed by atoms with Crippen LogP contribution in [0, 0.1) is 18.8 Å². The minimum absolute atomic E-state index is 0.490. The predicted molar refractivity (Wildman–Crippen MR) is 122 cm³/mol. The van der Waals surface area contributed by atoms with Crippen LogP contribution in [0.15, 0.2) is 65.2 Å². The normalized spacial score (nSPS) is 20.7. The van der Waals surface area contributed by atoms with Gasteiger partial charge in [0.05, 0.1) is 0 Å². The van der Waals surface area contributed by atoms with E-state index in [0.717, 1.165) is 5.56 Å². The Morgan fingerprint density at radius 3 is 2.47 bits per heavy atom. The first-order chi connectivity index (χ1) is 14.6. The van der Waals surface area contributed by atoms with Gasteiger partial charge in [-0.05, 0) is 76.2 Å². The summed E-state index contributed by atoms with van der Waals surface area (Å²) in [4.78, 5) is 6.92. The van der Waals surface area contributed by atoms with E-state index in [0.29, 0.717) is 29.6 Å². The van der Waals surface area contributed by atoms with Crippen LogP contribution in [0.4, 0.5) is 0 Å². The van der Waals surface area contributed by atoms with Crippen molar-refractivity contribution in [2.45, 2.75) is 38.6 Å². The van der Waals surface area contributed by atoms with E-state index >= 15 is 0 Å². The van der Waals surface area contributed by atoms with Gasteiger partial charge in [-0.25, -0.2) is 0 Å². The molecule has 1 atom stereocenters. The van der Waals surface area contributed by atoms with Crippen LogP contribution in [0.1, 0.15) is 48.7 Å². The molecule has 0 N–H and O–H groups in total. The molecular formula is C26H31N3O. The van der Waals surface area contributed by atoms with Gasteiger partial charge in [0.2, 0.25) is 5.82 Å². The van der Waals surface area contributed by atoms with Crippen LogP contribution >= 0.6 is 0 Å². The highest BCUT2D eigenvalue weighted by molar-refractivity contribution is 5.56. The summed E-state index contributed by atoms with van der Waals surface area (Å²) in [7, 11) is 4.40. The van der Waals surface area contributed by atoms with Crippen LogP contribution in [0.2, 0.25) is 0 Å². The topological polar surface area (TPSA) is 42.2 Å². The van der Waals surface area contributed by atoms with Gasteiger partial charge in [-0.2, -0.15) is 4.98 Å². The zero-order chi connectivity index (χ0) is 20.9. The van der Waals surface area contributed by atoms with Crippen LogP contribution in [0.3, 0.4) is 0 Å². The van der Waals surface area contributed by atoms with Crippen molar-refractivity contribution < 1.29 is 4.52 Å². The summed E-state index contributed by atoms with van der Waals surface area (Å²) in [5.74, 6) is 2.51. The van der Waals surface area contributed by atoms with Crippen LogP contribution in [-0.4, -0.2) is 29.1 Å². The van der Waals surface area contributed by atoms with Crippen LogP contribution in [0.5, 0.6) is 0 Å². The first-order valence-electron chi connectivity index (χ1n) is 10.9. The third kappa shape index (κ3) is 4.88. The number of allylic oxidation sites excluding steroid dienone is 1. The fraction of sp³-hybridized carbons (Fsp3) is 0.385. The molecule has 1 aliphatic carbocycles. The molecule has 0 radical (unpaired) electrons. The number of rotatable bonds is 6. The van der Waals surface area contributed by atoms with Gasteiger partial charge in [-0.1, -0.05) is 65.3 Å². The van der Waals surface area contributed by atoms with Crippen molar-refractivity contribution in [2.75, 3.05) is 14.1 Å². The van der Waals surface area contributed by atoms with Gasteiger partial charge in [0.15, 0.2) is 0 Å². The Morgan fingerprint density at radius 2 is 1.77 bits per heavy atom. The molecule has 1 heterocycles. The summed E-state index contributed by atoms with van der Waals surface area (Å²) >= 11 is 0. The molecule has 4 nitrogen and oxygen atoms in total. The largest absolute Gasteiger partial charge is 0.334 e. The summed E-state index contributed by atoms with van der Waals surface area (Å²) in [6.45, 7) is 2.07. The maximum atomic E-state index is 5.44. The third-order valence-electron chi connectivity index (χ3n) is 6.19. The minimum Gasteiger partial charge on any atom is -0.334 e. The monoisotopic (exact) mass is 401 g/mol. The Labute approximate surface area is 179 Å². The smallest absolute Gasteiger partial charge is 0.250 e. The van der Waals surface area contributed by atoms with Crippen LogP contribution in [0.25, 0.3) is 17.5 Å². The highest BCUT2D eigenvalue weighted by atomic mass is 16.5. The van der Waals surface area contributed by atoms with Gasteiger partial charge in [0, 0.05) is 11.6 Å². The lowest BCUT2D eigenvalue weighted by Crippen LogP contribution is -2.30. The molecule has 30 heavy (non-hydrogen) atoms. The summed E-state index contributed by atoms with van der Waals surface area (Å²) < 4.78 is 5.44. The van der Waals surface area contributed by atoms with Crippen molar-refractivity contribution in [1.29, 1.82) is 0 Å². The van der Waals surface area contributed by atoms with E-state index in [1.807, 2.05) is 18.2 Å². The van der Waals surface area contributed by atoms with E-state index in [4.69, 9.17) is 4.52 Å². The van der Waals surface area contributed by atoms with Crippen molar-refractivity contribution in [1.82, 2.24) is 15.0 Å². The molecular weight excluding hydrogens is 370 g/mol. The van der Waals surface area contributed by atoms with Crippen molar-refractivity contribution in [3.8, 4) is 11.4 Å². The average molecular weight is 402 g/mol. The first-order valence-corrected chi connectivity index (χ1v) is 10.9. The van der Waals surface area contributed by atoms with E-state index in [1.165, 1.54) is 36.8 Å². The fourth-order valence-corrected chi connectivity index (χ4v) is 4.72. The Balaban J connectivity index is 1.36. The molecule has 1 aromatic heterocycles. The maximum Gasteiger partial charge on any atom is 0.250 e. The zero-order valence-corrected chi connectivity index (χ0v) is 18.2. The Hall–Kier alpha value is -2.72. The van der Waals surface area contributed by atoms with Gasteiger partial charge < -0.3 is 9.42 Å². The number of nitrogens with zero attached hydrogens (tertiary/aromatic N) is 3. The summed E-state index contributed by atoms with van der Waals surface area (Å²) in [5.41, 5.74) is 3.61. The molecule has 2 aromatic carbocycles. The van der Waals surface area contributed by atoms with E-state index in [9.17, 15) is 0 Å². The van der Waals surface area contributed by atoms with E-state index in [-0.39, 0.29) is 0 Å². The van der Waals surface area contributed by atoms with Gasteiger partial charge in [-0.15, -0.1) is 0 Å². The average Bonchev–Trinajstić information content (AvgIpc) is 3.23. The standard InChI is InChI=1S/C26H31N3O/c1-19-8-7-11-23(18-19)26-27-24(30-28-26)17-14-20-12-15-22(16-13-20)25(29(2)3)21-9-5-4-6-10-21/h4-11,14,17-18,20,22,25H,12-13,15-16H2,1-3H3. The second-order valence-corrected chi connectivity index (χ2v) is 8.68. The van der Waals surface area contributed by atoms with E-state index in [1.54, 1.807) is 0 Å². The predicted octanol–water partition coefficient (Wildman–Crippen LogP) is 6.17. The fourth-order valence-electron chi connectivity index (χ4n) is 4.72. The first kappa shape index (κ1) is 20.5. The molecule has 0 spiro atoms. The van der Waals surface area contributed by atoms with E-state index in [2.05, 4.69) is 84.6 Å². The molecule has 0 bridgehead atoms. The number of hydrogen-bond donors (Lipinski definition) is 0. The molecule has 1 aliphatic rings. The highest BCUT2D eigenvalue weighted by Gasteiger charge is 2.29. The lowest BCUT2D eigenvalue weighted by Gasteiger charge is -2.37. The molecule has 0 amide bonds. The van der Waals surface area contributed by atoms with Gasteiger partial charge in [-0.3, -0.25) is 0 Å². The molecule has 1 fully saturated rings. The van der Waals surface area contributed by atoms with Gasteiger partial charge >= 0.3 is 0 Å². The molecule has 156 valence electrons. The Morgan fingerprint density at radius 1 is 1.00 bits per heavy atom. The van der Waals surface area contributed by atoms with Gasteiger partial charge in [0.1, 0.15) is 0 Å². The number of hydrogen-bond acceptors (Lipinski definition) is 4. The second kappa shape index (κ2) is 9.40. The molecule has 4 heteroatoms. The number of aryl methyl sites for hydroxylation is 1. The molecule has 0 saturated heterocycles. The molecule has 4 rings (SSSR count). The minimum atomic E-state index is 0.490. The van der Waals surface area contributed by atoms with Crippen molar-refractivity contribution >= 4 is 6.08 Å². The van der Waals surface area contributed by atoms with Crippen molar-refractivity contribution in [2.24, 2.45) is 11.8 Å². The van der Waals surface area contributed by atoms with Crippen molar-refractivity contribution in [3.05, 3.63) is 77.7 Å². The lowest BCUT2D eigenvalue weighted by molar-refractivity contribution is 0.159. The van der Waals surface area contributed by atoms with E-state index < -0.39 is 0 Å².